The summed E-state index contributed by atoms with van der Waals surface area (Å²) in [6.07, 6.45) is 5.18. The zero-order valence-corrected chi connectivity index (χ0v) is 14.4. The lowest BCUT2D eigenvalue weighted by atomic mass is 10.1. The number of thiocarbonyl (C=S) groups is 1. The molecule has 0 atom stereocenters. The van der Waals surface area contributed by atoms with Crippen molar-refractivity contribution in [2.24, 2.45) is 0 Å². The van der Waals surface area contributed by atoms with Crippen LogP contribution in [-0.2, 0) is 9.59 Å². The van der Waals surface area contributed by atoms with Crippen molar-refractivity contribution in [3.05, 3.63) is 53.1 Å². The van der Waals surface area contributed by atoms with E-state index in [1.165, 1.54) is 9.80 Å². The molecule has 1 heterocycles. The number of rotatable bonds is 4. The number of allylic oxidation sites excluding steroid dienone is 2. The van der Waals surface area contributed by atoms with Crippen molar-refractivity contribution in [1.82, 2.24) is 9.80 Å². The number of carbonyl (C=O) groups is 2. The maximum absolute atomic E-state index is 12.4. The lowest BCUT2D eigenvalue weighted by Crippen LogP contribution is -2.55. The smallest absolute Gasteiger partial charge is 0.265 e. The molecule has 1 fully saturated rings. The lowest BCUT2D eigenvalue weighted by Gasteiger charge is -2.35. The third-order valence-electron chi connectivity index (χ3n) is 3.64. The molecule has 0 aromatic heterocycles. The fourth-order valence-corrected chi connectivity index (χ4v) is 2.86. The normalized spacial score (nSPS) is 15.8. The van der Waals surface area contributed by atoms with Crippen LogP contribution in [0.5, 0.6) is 0 Å². The first-order valence-corrected chi connectivity index (χ1v) is 8.03. The van der Waals surface area contributed by atoms with E-state index in [2.05, 4.69) is 0 Å². The van der Waals surface area contributed by atoms with Crippen LogP contribution in [0.25, 0.3) is 6.08 Å². The van der Waals surface area contributed by atoms with Gasteiger partial charge in [-0.15, -0.1) is 0 Å². The van der Waals surface area contributed by atoms with Crippen LogP contribution in [0.4, 0.5) is 0 Å². The van der Waals surface area contributed by atoms with E-state index in [1.807, 2.05) is 51.1 Å². The molecule has 0 aliphatic carbocycles. The standard InChI is InChI=1S/C18H20N2O2S/c1-4-19-16(21)15(17(22)20(5-2)18(19)23)11-7-10-14-9-6-8-13(3)12-14/h6-12H,4-5H2,1-3H3. The van der Waals surface area contributed by atoms with E-state index in [0.29, 0.717) is 13.1 Å². The van der Waals surface area contributed by atoms with Gasteiger partial charge in [0, 0.05) is 13.1 Å². The average Bonchev–Trinajstić information content (AvgIpc) is 2.51. The number of hydrogen-bond donors (Lipinski definition) is 0. The molecule has 0 spiro atoms. The third kappa shape index (κ3) is 3.56. The highest BCUT2D eigenvalue weighted by Crippen LogP contribution is 2.18. The molecule has 23 heavy (non-hydrogen) atoms. The Morgan fingerprint density at radius 1 is 1.09 bits per heavy atom. The van der Waals surface area contributed by atoms with Gasteiger partial charge in [0.05, 0.1) is 0 Å². The number of hydrogen-bond acceptors (Lipinski definition) is 3. The summed E-state index contributed by atoms with van der Waals surface area (Å²) >= 11 is 5.22. The molecule has 5 heteroatoms. The van der Waals surface area contributed by atoms with Gasteiger partial charge in [-0.05, 0) is 44.6 Å². The molecule has 1 aliphatic rings. The second kappa shape index (κ2) is 7.33. The Hall–Kier alpha value is -2.27. The second-order valence-electron chi connectivity index (χ2n) is 5.23. The molecule has 2 amide bonds. The average molecular weight is 328 g/mol. The van der Waals surface area contributed by atoms with Gasteiger partial charge in [-0.3, -0.25) is 19.4 Å². The van der Waals surface area contributed by atoms with Gasteiger partial charge >= 0.3 is 0 Å². The number of aryl methyl sites for hydroxylation is 1. The van der Waals surface area contributed by atoms with Gasteiger partial charge in [-0.25, -0.2) is 0 Å². The third-order valence-corrected chi connectivity index (χ3v) is 4.08. The number of carbonyl (C=O) groups excluding carboxylic acids is 2. The van der Waals surface area contributed by atoms with Crippen LogP contribution in [-0.4, -0.2) is 39.8 Å². The van der Waals surface area contributed by atoms with Crippen molar-refractivity contribution in [1.29, 1.82) is 0 Å². The molecule has 0 bridgehead atoms. The Balaban J connectivity index is 2.30. The zero-order valence-electron chi connectivity index (χ0n) is 13.6. The Kier molecular flexibility index (Phi) is 5.45. The molecule has 2 rings (SSSR count). The SMILES string of the molecule is CCN1C(=O)C(=CC=Cc2cccc(C)c2)C(=O)N(CC)C1=S. The van der Waals surface area contributed by atoms with Crippen molar-refractivity contribution in [2.45, 2.75) is 20.8 Å². The zero-order chi connectivity index (χ0) is 17.0. The predicted octanol–water partition coefficient (Wildman–Crippen LogP) is 2.93. The largest absolute Gasteiger partial charge is 0.285 e. The van der Waals surface area contributed by atoms with Crippen molar-refractivity contribution in [3.8, 4) is 0 Å². The van der Waals surface area contributed by atoms with Crippen LogP contribution in [0.2, 0.25) is 0 Å². The summed E-state index contributed by atoms with van der Waals surface area (Å²) in [4.78, 5) is 27.8. The Labute approximate surface area is 142 Å². The monoisotopic (exact) mass is 328 g/mol. The summed E-state index contributed by atoms with van der Waals surface area (Å²) in [5, 5.41) is 0.282. The summed E-state index contributed by atoms with van der Waals surface area (Å²) in [7, 11) is 0. The van der Waals surface area contributed by atoms with E-state index in [1.54, 1.807) is 12.2 Å². The summed E-state index contributed by atoms with van der Waals surface area (Å²) in [6, 6.07) is 7.99. The van der Waals surface area contributed by atoms with Crippen LogP contribution in [0.1, 0.15) is 25.0 Å². The summed E-state index contributed by atoms with van der Waals surface area (Å²) in [5.74, 6) is -0.665. The van der Waals surface area contributed by atoms with Crippen molar-refractivity contribution in [3.63, 3.8) is 0 Å². The maximum atomic E-state index is 12.4. The molecule has 0 N–H and O–H groups in total. The molecule has 1 aliphatic heterocycles. The molecule has 120 valence electrons. The van der Waals surface area contributed by atoms with Gasteiger partial charge in [0.25, 0.3) is 11.8 Å². The van der Waals surface area contributed by atoms with E-state index in [0.717, 1.165) is 11.1 Å². The van der Waals surface area contributed by atoms with E-state index in [9.17, 15) is 9.59 Å². The lowest BCUT2D eigenvalue weighted by molar-refractivity contribution is -0.133. The first-order valence-electron chi connectivity index (χ1n) is 7.62. The Bertz CT molecular complexity index is 679. The number of amides is 2. The Morgan fingerprint density at radius 3 is 2.22 bits per heavy atom. The molecule has 0 radical (unpaired) electrons. The first kappa shape index (κ1) is 17.1. The fourth-order valence-electron chi connectivity index (χ4n) is 2.43. The molecule has 1 aromatic rings. The Morgan fingerprint density at radius 2 is 1.70 bits per heavy atom. The van der Waals surface area contributed by atoms with Crippen molar-refractivity contribution in [2.75, 3.05) is 13.1 Å². The van der Waals surface area contributed by atoms with E-state index < -0.39 is 0 Å². The molecule has 1 aromatic carbocycles. The van der Waals surface area contributed by atoms with Crippen LogP contribution in [0, 0.1) is 6.92 Å². The molecule has 0 saturated carbocycles. The highest BCUT2D eigenvalue weighted by Gasteiger charge is 2.37. The number of benzene rings is 1. The van der Waals surface area contributed by atoms with Gasteiger partial charge < -0.3 is 0 Å². The molecular formula is C18H20N2O2S. The number of nitrogens with zero attached hydrogens (tertiary/aromatic N) is 2. The van der Waals surface area contributed by atoms with Gasteiger partial charge in [-0.2, -0.15) is 0 Å². The van der Waals surface area contributed by atoms with Crippen molar-refractivity contribution < 1.29 is 9.59 Å². The summed E-state index contributed by atoms with van der Waals surface area (Å²) in [5.41, 5.74) is 2.32. The highest BCUT2D eigenvalue weighted by molar-refractivity contribution is 7.80. The van der Waals surface area contributed by atoms with E-state index in [-0.39, 0.29) is 22.5 Å². The first-order chi connectivity index (χ1) is 11.0. The summed E-state index contributed by atoms with van der Waals surface area (Å²) < 4.78 is 0. The van der Waals surface area contributed by atoms with Gasteiger partial charge in [0.15, 0.2) is 5.11 Å². The van der Waals surface area contributed by atoms with E-state index >= 15 is 0 Å². The molecule has 1 saturated heterocycles. The minimum atomic E-state index is -0.332. The predicted molar refractivity (Wildman–Crippen MR) is 95.7 cm³/mol. The van der Waals surface area contributed by atoms with Crippen LogP contribution < -0.4 is 0 Å². The van der Waals surface area contributed by atoms with Gasteiger partial charge in [0.2, 0.25) is 0 Å². The van der Waals surface area contributed by atoms with Crippen LogP contribution in [0.15, 0.2) is 42.0 Å². The molecular weight excluding hydrogens is 308 g/mol. The van der Waals surface area contributed by atoms with Crippen LogP contribution in [0.3, 0.4) is 0 Å². The second-order valence-corrected chi connectivity index (χ2v) is 5.60. The fraction of sp³-hybridized carbons (Fsp3) is 0.278. The minimum absolute atomic E-state index is 0.145. The van der Waals surface area contributed by atoms with Gasteiger partial charge in [0.1, 0.15) is 5.57 Å². The van der Waals surface area contributed by atoms with Crippen molar-refractivity contribution >= 4 is 35.2 Å². The number of likely N-dealkylation sites (N-methyl/N-ethyl adjacent to an activating group) is 2. The highest BCUT2D eigenvalue weighted by atomic mass is 32.1. The topological polar surface area (TPSA) is 40.6 Å². The molecule has 4 nitrogen and oxygen atoms in total. The van der Waals surface area contributed by atoms with Crippen LogP contribution >= 0.6 is 12.2 Å². The van der Waals surface area contributed by atoms with Gasteiger partial charge in [-0.1, -0.05) is 42.0 Å². The quantitative estimate of drug-likeness (QED) is 0.485. The molecule has 0 unspecified atom stereocenters. The summed E-state index contributed by atoms with van der Waals surface area (Å²) in [6.45, 7) is 6.59. The minimum Gasteiger partial charge on any atom is -0.285 e. The maximum Gasteiger partial charge on any atom is 0.265 e. The van der Waals surface area contributed by atoms with E-state index in [4.69, 9.17) is 12.2 Å².